The molecule has 1 fully saturated rings. The molecule has 1 aromatic heterocycles. The van der Waals surface area contributed by atoms with Gasteiger partial charge in [0.15, 0.2) is 0 Å². The maximum atomic E-state index is 11.6. The fourth-order valence-electron chi connectivity index (χ4n) is 2.11. The minimum Gasteiger partial charge on any atom is -0.464 e. The number of rotatable bonds is 2. The van der Waals surface area contributed by atoms with Crippen molar-refractivity contribution >= 4 is 5.97 Å². The first-order chi connectivity index (χ1) is 8.36. The second kappa shape index (κ2) is 4.05. The minimum atomic E-state index is -0.229. The summed E-state index contributed by atoms with van der Waals surface area (Å²) in [6, 6.07) is 9.62. The first-order valence-corrected chi connectivity index (χ1v) is 5.61. The van der Waals surface area contributed by atoms with Gasteiger partial charge in [-0.1, -0.05) is 30.3 Å². The third kappa shape index (κ3) is 1.71. The predicted octanol–water partition coefficient (Wildman–Crippen LogP) is 2.04. The van der Waals surface area contributed by atoms with Gasteiger partial charge in [-0.3, -0.25) is 0 Å². The Hall–Kier alpha value is -2.10. The molecule has 0 aliphatic carbocycles. The summed E-state index contributed by atoms with van der Waals surface area (Å²) in [7, 11) is 0. The van der Waals surface area contributed by atoms with Crippen molar-refractivity contribution in [3.63, 3.8) is 0 Å². The Morgan fingerprint density at radius 3 is 2.82 bits per heavy atom. The Morgan fingerprint density at radius 1 is 1.29 bits per heavy atom. The molecular weight excluding hydrogens is 216 g/mol. The molecule has 0 spiro atoms. The van der Waals surface area contributed by atoms with Crippen LogP contribution in [0.4, 0.5) is 0 Å². The maximum Gasteiger partial charge on any atom is 0.329 e. The molecule has 86 valence electrons. The molecular formula is C13H12N2O2. The average molecular weight is 228 g/mol. The Kier molecular flexibility index (Phi) is 2.40. The highest BCUT2D eigenvalue weighted by molar-refractivity contribution is 5.77. The fraction of sp³-hybridized carbons (Fsp3) is 0.231. The Bertz CT molecular complexity index is 533. The van der Waals surface area contributed by atoms with E-state index >= 15 is 0 Å². The monoisotopic (exact) mass is 228 g/mol. The van der Waals surface area contributed by atoms with Crippen LogP contribution in [0.5, 0.6) is 0 Å². The van der Waals surface area contributed by atoms with Crippen LogP contribution in [0.25, 0.3) is 11.4 Å². The third-order valence-electron chi connectivity index (χ3n) is 2.94. The summed E-state index contributed by atoms with van der Waals surface area (Å²) in [5, 5.41) is 0. The summed E-state index contributed by atoms with van der Waals surface area (Å²) in [5.74, 6) is 0.648. The molecule has 1 unspecified atom stereocenters. The number of imidazole rings is 1. The van der Waals surface area contributed by atoms with Crippen LogP contribution in [0, 0.1) is 0 Å². The number of carbonyl (C=O) groups excluding carboxylic acids is 1. The van der Waals surface area contributed by atoms with Crippen LogP contribution in [0.3, 0.4) is 0 Å². The van der Waals surface area contributed by atoms with Crippen molar-refractivity contribution in [3.05, 3.63) is 42.7 Å². The molecule has 0 saturated carbocycles. The summed E-state index contributed by atoms with van der Waals surface area (Å²) in [6.07, 6.45) is 4.27. The molecule has 1 saturated heterocycles. The second-order valence-electron chi connectivity index (χ2n) is 4.00. The summed E-state index contributed by atoms with van der Waals surface area (Å²) in [6.45, 7) is 0.496. The molecule has 4 nitrogen and oxygen atoms in total. The van der Waals surface area contributed by atoms with Gasteiger partial charge in [0.2, 0.25) is 0 Å². The van der Waals surface area contributed by atoms with Gasteiger partial charge in [0, 0.05) is 24.4 Å². The largest absolute Gasteiger partial charge is 0.464 e. The van der Waals surface area contributed by atoms with Gasteiger partial charge in [-0.2, -0.15) is 0 Å². The van der Waals surface area contributed by atoms with Gasteiger partial charge >= 0.3 is 5.97 Å². The van der Waals surface area contributed by atoms with Crippen LogP contribution in [0.15, 0.2) is 42.7 Å². The summed E-state index contributed by atoms with van der Waals surface area (Å²) in [4.78, 5) is 15.9. The number of nitrogens with zero attached hydrogens (tertiary/aromatic N) is 2. The van der Waals surface area contributed by atoms with Gasteiger partial charge in [-0.25, -0.2) is 9.78 Å². The lowest BCUT2D eigenvalue weighted by molar-refractivity contribution is -0.140. The van der Waals surface area contributed by atoms with Crippen LogP contribution in [-0.4, -0.2) is 22.1 Å². The van der Waals surface area contributed by atoms with E-state index in [0.717, 1.165) is 17.8 Å². The molecule has 1 aromatic carbocycles. The van der Waals surface area contributed by atoms with Crippen LogP contribution in [0.1, 0.15) is 12.5 Å². The number of hydrogen-bond acceptors (Lipinski definition) is 3. The molecule has 0 amide bonds. The predicted molar refractivity (Wildman–Crippen MR) is 62.3 cm³/mol. The lowest BCUT2D eigenvalue weighted by atomic mass is 10.2. The van der Waals surface area contributed by atoms with Gasteiger partial charge in [0.1, 0.15) is 11.9 Å². The first-order valence-electron chi connectivity index (χ1n) is 5.61. The van der Waals surface area contributed by atoms with Crippen molar-refractivity contribution in [2.75, 3.05) is 6.61 Å². The van der Waals surface area contributed by atoms with Crippen LogP contribution < -0.4 is 0 Å². The van der Waals surface area contributed by atoms with E-state index in [1.807, 2.05) is 41.1 Å². The zero-order valence-electron chi connectivity index (χ0n) is 9.24. The number of carbonyl (C=O) groups is 1. The van der Waals surface area contributed by atoms with Crippen LogP contribution in [0.2, 0.25) is 0 Å². The molecule has 1 aliphatic heterocycles. The number of cyclic esters (lactones) is 1. The molecule has 17 heavy (non-hydrogen) atoms. The zero-order valence-corrected chi connectivity index (χ0v) is 9.24. The molecule has 3 rings (SSSR count). The van der Waals surface area contributed by atoms with E-state index < -0.39 is 0 Å². The van der Waals surface area contributed by atoms with E-state index in [-0.39, 0.29) is 12.0 Å². The molecule has 4 heteroatoms. The summed E-state index contributed by atoms with van der Waals surface area (Å²) in [5.41, 5.74) is 1.01. The second-order valence-corrected chi connectivity index (χ2v) is 4.00. The van der Waals surface area contributed by atoms with Gasteiger partial charge in [-0.05, 0) is 0 Å². The van der Waals surface area contributed by atoms with Crippen molar-refractivity contribution in [1.82, 2.24) is 9.55 Å². The quantitative estimate of drug-likeness (QED) is 0.739. The molecule has 0 N–H and O–H groups in total. The molecule has 1 atom stereocenters. The van der Waals surface area contributed by atoms with E-state index in [1.165, 1.54) is 0 Å². The zero-order chi connectivity index (χ0) is 11.7. The number of ether oxygens (including phenoxy) is 1. The van der Waals surface area contributed by atoms with Gasteiger partial charge < -0.3 is 9.30 Å². The van der Waals surface area contributed by atoms with Crippen LogP contribution in [-0.2, 0) is 9.53 Å². The SMILES string of the molecule is O=C1OCCC1n1ccnc1-c1ccccc1. The summed E-state index contributed by atoms with van der Waals surface area (Å²) >= 11 is 0. The van der Waals surface area contributed by atoms with E-state index in [2.05, 4.69) is 4.98 Å². The first kappa shape index (κ1) is 10.1. The van der Waals surface area contributed by atoms with Gasteiger partial charge in [-0.15, -0.1) is 0 Å². The Balaban J connectivity index is 2.03. The number of benzene rings is 1. The van der Waals surface area contributed by atoms with E-state index in [9.17, 15) is 4.79 Å². The number of hydrogen-bond donors (Lipinski definition) is 0. The van der Waals surface area contributed by atoms with Crippen LogP contribution >= 0.6 is 0 Å². The molecule has 0 radical (unpaired) electrons. The Morgan fingerprint density at radius 2 is 2.12 bits per heavy atom. The topological polar surface area (TPSA) is 44.1 Å². The average Bonchev–Trinajstić information content (AvgIpc) is 2.98. The lowest BCUT2D eigenvalue weighted by Crippen LogP contribution is -2.14. The highest BCUT2D eigenvalue weighted by Crippen LogP contribution is 2.26. The smallest absolute Gasteiger partial charge is 0.329 e. The summed E-state index contributed by atoms with van der Waals surface area (Å²) < 4.78 is 6.89. The lowest BCUT2D eigenvalue weighted by Gasteiger charge is -2.11. The van der Waals surface area contributed by atoms with Crippen molar-refractivity contribution in [2.45, 2.75) is 12.5 Å². The third-order valence-corrected chi connectivity index (χ3v) is 2.94. The standard InChI is InChI=1S/C13H12N2O2/c16-13-11(6-9-17-13)15-8-7-14-12(15)10-4-2-1-3-5-10/h1-5,7-8,11H,6,9H2. The van der Waals surface area contributed by atoms with Crippen molar-refractivity contribution < 1.29 is 9.53 Å². The molecule has 2 heterocycles. The van der Waals surface area contributed by atoms with Crippen molar-refractivity contribution in [3.8, 4) is 11.4 Å². The van der Waals surface area contributed by atoms with Crippen molar-refractivity contribution in [2.24, 2.45) is 0 Å². The normalized spacial score (nSPS) is 19.3. The van der Waals surface area contributed by atoms with Gasteiger partial charge in [0.05, 0.1) is 6.61 Å². The minimum absolute atomic E-state index is 0.166. The number of esters is 1. The van der Waals surface area contributed by atoms with E-state index in [4.69, 9.17) is 4.74 Å². The number of aromatic nitrogens is 2. The van der Waals surface area contributed by atoms with Gasteiger partial charge in [0.25, 0.3) is 0 Å². The highest BCUT2D eigenvalue weighted by Gasteiger charge is 2.29. The molecule has 2 aromatic rings. The Labute approximate surface area is 98.9 Å². The molecule has 1 aliphatic rings. The highest BCUT2D eigenvalue weighted by atomic mass is 16.5. The molecule has 0 bridgehead atoms. The van der Waals surface area contributed by atoms with E-state index in [1.54, 1.807) is 6.20 Å². The van der Waals surface area contributed by atoms with E-state index in [0.29, 0.717) is 6.61 Å². The maximum absolute atomic E-state index is 11.6. The van der Waals surface area contributed by atoms with Crippen molar-refractivity contribution in [1.29, 1.82) is 0 Å². The fourth-order valence-corrected chi connectivity index (χ4v) is 2.11.